The van der Waals surface area contributed by atoms with E-state index >= 15 is 0 Å². The standard InChI is InChI=1S/C32H34BrF2N5O2/c33-19-20-6-10-40(11-7-20)29-3-1-2-26(30(29)36-25-8-12-42-13-9-25)32(41)37-31-27-17-21(4-5-28(27)38-39-31)14-22-15-23(34)18-24(35)16-22/h1-5,15-18,20,25,36H,6-14,19H2,(H2,37,38,39,41). The Bertz CT molecular complexity index is 1540. The van der Waals surface area contributed by atoms with Crippen LogP contribution in [0.25, 0.3) is 10.9 Å². The van der Waals surface area contributed by atoms with Crippen LogP contribution < -0.4 is 15.5 Å². The van der Waals surface area contributed by atoms with E-state index in [1.54, 1.807) is 0 Å². The molecule has 0 unspecified atom stereocenters. The average molecular weight is 639 g/mol. The van der Waals surface area contributed by atoms with Crippen LogP contribution in [0.15, 0.2) is 54.6 Å². The Kier molecular flexibility index (Phi) is 8.71. The van der Waals surface area contributed by atoms with Crippen molar-refractivity contribution < 1.29 is 18.3 Å². The van der Waals surface area contributed by atoms with Gasteiger partial charge in [0.1, 0.15) is 11.6 Å². The number of H-pyrrole nitrogens is 1. The number of hydrogen-bond donors (Lipinski definition) is 3. The monoisotopic (exact) mass is 637 g/mol. The number of aromatic nitrogens is 2. The summed E-state index contributed by atoms with van der Waals surface area (Å²) in [6.07, 6.45) is 4.30. The van der Waals surface area contributed by atoms with E-state index in [1.807, 2.05) is 30.3 Å². The first-order chi connectivity index (χ1) is 20.5. The minimum Gasteiger partial charge on any atom is -0.381 e. The number of nitrogens with one attached hydrogen (secondary N) is 3. The molecule has 220 valence electrons. The third kappa shape index (κ3) is 6.44. The number of halogens is 3. The van der Waals surface area contributed by atoms with Gasteiger partial charge in [0, 0.05) is 49.1 Å². The summed E-state index contributed by atoms with van der Waals surface area (Å²) in [4.78, 5) is 16.2. The molecule has 10 heteroatoms. The molecule has 2 fully saturated rings. The summed E-state index contributed by atoms with van der Waals surface area (Å²) in [5.41, 5.74) is 4.57. The van der Waals surface area contributed by atoms with E-state index in [0.29, 0.717) is 42.5 Å². The van der Waals surface area contributed by atoms with E-state index in [1.165, 1.54) is 12.1 Å². The predicted molar refractivity (Wildman–Crippen MR) is 166 cm³/mol. The Morgan fingerprint density at radius 1 is 1.00 bits per heavy atom. The van der Waals surface area contributed by atoms with Crippen LogP contribution in [0.3, 0.4) is 0 Å². The number of carbonyl (C=O) groups excluding carboxylic acids is 1. The zero-order chi connectivity index (χ0) is 29.1. The summed E-state index contributed by atoms with van der Waals surface area (Å²) in [7, 11) is 0. The van der Waals surface area contributed by atoms with Crippen LogP contribution in [0.5, 0.6) is 0 Å². The molecule has 2 saturated heterocycles. The third-order valence-corrected chi connectivity index (χ3v) is 9.14. The molecular weight excluding hydrogens is 604 g/mol. The van der Waals surface area contributed by atoms with Crippen LogP contribution in [0.2, 0.25) is 0 Å². The lowest BCUT2D eigenvalue weighted by Crippen LogP contribution is -2.36. The van der Waals surface area contributed by atoms with Crippen molar-refractivity contribution in [2.24, 2.45) is 5.92 Å². The molecule has 0 radical (unpaired) electrons. The molecule has 1 amide bonds. The van der Waals surface area contributed by atoms with E-state index in [-0.39, 0.29) is 11.9 Å². The Morgan fingerprint density at radius 3 is 2.50 bits per heavy atom. The lowest BCUT2D eigenvalue weighted by atomic mass is 9.97. The molecule has 0 aliphatic carbocycles. The number of piperidine rings is 1. The zero-order valence-corrected chi connectivity index (χ0v) is 24.9. The van der Waals surface area contributed by atoms with Gasteiger partial charge < -0.3 is 20.3 Å². The molecule has 3 heterocycles. The van der Waals surface area contributed by atoms with Gasteiger partial charge >= 0.3 is 0 Å². The molecule has 3 N–H and O–H groups in total. The number of ether oxygens (including phenoxy) is 1. The highest BCUT2D eigenvalue weighted by Gasteiger charge is 2.26. The number of alkyl halides is 1. The molecule has 0 bridgehead atoms. The highest BCUT2D eigenvalue weighted by atomic mass is 79.9. The SMILES string of the molecule is O=C(Nc1n[nH]c2ccc(Cc3cc(F)cc(F)c3)cc12)c1cccc(N2CCC(CBr)CC2)c1NC1CCOCC1. The summed E-state index contributed by atoms with van der Waals surface area (Å²) >= 11 is 3.64. The van der Waals surface area contributed by atoms with E-state index in [0.717, 1.165) is 78.0 Å². The van der Waals surface area contributed by atoms with Gasteiger partial charge in [-0.15, -0.1) is 0 Å². The van der Waals surface area contributed by atoms with Gasteiger partial charge in [-0.3, -0.25) is 9.89 Å². The van der Waals surface area contributed by atoms with E-state index < -0.39 is 11.6 Å². The summed E-state index contributed by atoms with van der Waals surface area (Å²) in [6.45, 7) is 3.27. The van der Waals surface area contributed by atoms with Crippen molar-refractivity contribution in [3.63, 3.8) is 0 Å². The number of rotatable bonds is 8. The molecule has 1 aromatic heterocycles. The molecule has 6 rings (SSSR count). The number of nitrogens with zero attached hydrogens (tertiary/aromatic N) is 2. The lowest BCUT2D eigenvalue weighted by molar-refractivity contribution is 0.0904. The van der Waals surface area contributed by atoms with Gasteiger partial charge in [0.05, 0.1) is 22.5 Å². The van der Waals surface area contributed by atoms with Crippen LogP contribution in [-0.2, 0) is 11.2 Å². The van der Waals surface area contributed by atoms with Gasteiger partial charge in [0.25, 0.3) is 5.91 Å². The number of amides is 1. The molecule has 0 atom stereocenters. The predicted octanol–water partition coefficient (Wildman–Crippen LogP) is 6.89. The van der Waals surface area contributed by atoms with Gasteiger partial charge in [-0.25, -0.2) is 8.78 Å². The molecule has 0 saturated carbocycles. The van der Waals surface area contributed by atoms with Crippen molar-refractivity contribution in [1.82, 2.24) is 10.2 Å². The molecule has 7 nitrogen and oxygen atoms in total. The summed E-state index contributed by atoms with van der Waals surface area (Å²) < 4.78 is 33.1. The van der Waals surface area contributed by atoms with Crippen LogP contribution in [0.1, 0.15) is 47.2 Å². The van der Waals surface area contributed by atoms with Gasteiger partial charge in [-0.2, -0.15) is 5.10 Å². The number of anilines is 3. The van der Waals surface area contributed by atoms with Gasteiger partial charge in [0.15, 0.2) is 5.82 Å². The van der Waals surface area contributed by atoms with Crippen molar-refractivity contribution in [3.05, 3.63) is 82.9 Å². The second-order valence-electron chi connectivity index (χ2n) is 11.2. The lowest BCUT2D eigenvalue weighted by Gasteiger charge is -2.36. The minimum atomic E-state index is -0.609. The number of fused-ring (bicyclic) bond motifs is 1. The first kappa shape index (κ1) is 28.6. The quantitative estimate of drug-likeness (QED) is 0.183. The number of benzene rings is 3. The maximum atomic E-state index is 13.9. The topological polar surface area (TPSA) is 82.3 Å². The fourth-order valence-corrected chi connectivity index (χ4v) is 6.56. The van der Waals surface area contributed by atoms with Crippen LogP contribution >= 0.6 is 15.9 Å². The van der Waals surface area contributed by atoms with Crippen molar-refractivity contribution in [2.45, 2.75) is 38.1 Å². The largest absolute Gasteiger partial charge is 0.381 e. The summed E-state index contributed by atoms with van der Waals surface area (Å²) in [5.74, 6) is -0.405. The van der Waals surface area contributed by atoms with E-state index in [4.69, 9.17) is 4.74 Å². The average Bonchev–Trinajstić information content (AvgIpc) is 3.39. The smallest absolute Gasteiger partial charge is 0.259 e. The maximum Gasteiger partial charge on any atom is 0.259 e. The summed E-state index contributed by atoms with van der Waals surface area (Å²) in [6, 6.07) is 15.3. The number of para-hydroxylation sites is 1. The molecule has 3 aromatic carbocycles. The van der Waals surface area contributed by atoms with Gasteiger partial charge in [0.2, 0.25) is 0 Å². The number of aromatic amines is 1. The van der Waals surface area contributed by atoms with Crippen LogP contribution in [0.4, 0.5) is 26.0 Å². The van der Waals surface area contributed by atoms with Gasteiger partial charge in [-0.1, -0.05) is 28.1 Å². The highest BCUT2D eigenvalue weighted by Crippen LogP contribution is 2.35. The number of carbonyl (C=O) groups is 1. The molecule has 2 aliphatic heterocycles. The molecular formula is C32H34BrF2N5O2. The van der Waals surface area contributed by atoms with Crippen molar-refractivity contribution >= 4 is 49.9 Å². The Morgan fingerprint density at radius 2 is 1.76 bits per heavy atom. The van der Waals surface area contributed by atoms with Crippen molar-refractivity contribution in [1.29, 1.82) is 0 Å². The fourth-order valence-electron chi connectivity index (χ4n) is 5.91. The van der Waals surface area contributed by atoms with Gasteiger partial charge in [-0.05, 0) is 85.5 Å². The normalized spacial score (nSPS) is 16.6. The molecule has 2 aliphatic rings. The molecule has 0 spiro atoms. The molecule has 4 aromatic rings. The summed E-state index contributed by atoms with van der Waals surface area (Å²) in [5, 5.41) is 15.8. The first-order valence-corrected chi connectivity index (χ1v) is 15.6. The zero-order valence-electron chi connectivity index (χ0n) is 23.3. The minimum absolute atomic E-state index is 0.216. The number of hydrogen-bond acceptors (Lipinski definition) is 5. The van der Waals surface area contributed by atoms with Crippen molar-refractivity contribution in [2.75, 3.05) is 47.2 Å². The molecule has 42 heavy (non-hydrogen) atoms. The van der Waals surface area contributed by atoms with Crippen LogP contribution in [-0.4, -0.2) is 53.8 Å². The highest BCUT2D eigenvalue weighted by molar-refractivity contribution is 9.09. The van der Waals surface area contributed by atoms with Crippen molar-refractivity contribution in [3.8, 4) is 0 Å². The second kappa shape index (κ2) is 12.8. The van der Waals surface area contributed by atoms with E-state index in [2.05, 4.69) is 47.7 Å². The Labute approximate surface area is 252 Å². The first-order valence-electron chi connectivity index (χ1n) is 14.5. The van der Waals surface area contributed by atoms with E-state index in [9.17, 15) is 13.6 Å². The fraction of sp³-hybridized carbons (Fsp3) is 0.375. The Hall–Kier alpha value is -3.50. The Balaban J connectivity index is 1.28. The maximum absolute atomic E-state index is 13.9. The van der Waals surface area contributed by atoms with Crippen LogP contribution in [0, 0.1) is 17.6 Å². The second-order valence-corrected chi connectivity index (χ2v) is 11.8. The third-order valence-electron chi connectivity index (χ3n) is 8.22.